The second kappa shape index (κ2) is 9.25. The summed E-state index contributed by atoms with van der Waals surface area (Å²) in [6.45, 7) is 8.80. The zero-order chi connectivity index (χ0) is 23.9. The maximum atomic E-state index is 12.7. The number of para-hydroxylation sites is 1. The lowest BCUT2D eigenvalue weighted by molar-refractivity contribution is -0.136. The number of ether oxygens (including phenoxy) is 1. The third-order valence-electron chi connectivity index (χ3n) is 5.58. The molecule has 172 valence electrons. The molecule has 33 heavy (non-hydrogen) atoms. The van der Waals surface area contributed by atoms with E-state index in [1.165, 1.54) is 10.8 Å². The number of nitrogens with zero attached hydrogens (tertiary/aromatic N) is 1. The molecule has 0 atom stereocenters. The molecule has 0 saturated carbocycles. The molecule has 0 aliphatic rings. The van der Waals surface area contributed by atoms with Crippen LogP contribution in [0.1, 0.15) is 38.3 Å². The molecule has 6 heteroatoms. The molecule has 0 bridgehead atoms. The van der Waals surface area contributed by atoms with Gasteiger partial charge in [0.25, 0.3) is 0 Å². The van der Waals surface area contributed by atoms with Crippen LogP contribution in [0.2, 0.25) is 10.0 Å². The molecule has 3 nitrogen and oxygen atoms in total. The van der Waals surface area contributed by atoms with Crippen LogP contribution in [0.25, 0.3) is 21.8 Å². The van der Waals surface area contributed by atoms with Crippen LogP contribution >= 0.6 is 35.0 Å². The first kappa shape index (κ1) is 24.0. The van der Waals surface area contributed by atoms with Crippen LogP contribution in [-0.2, 0) is 11.3 Å². The van der Waals surface area contributed by atoms with E-state index < -0.39 is 0 Å². The minimum absolute atomic E-state index is 0.140. The fraction of sp³-hybridized carbons (Fsp3) is 0.296. The van der Waals surface area contributed by atoms with Gasteiger partial charge in [0.1, 0.15) is 5.75 Å². The molecular formula is C27H27Cl2NO2S. The number of aromatic nitrogens is 1. The Labute approximate surface area is 209 Å². The van der Waals surface area contributed by atoms with Crippen LogP contribution in [0.15, 0.2) is 53.4 Å². The summed E-state index contributed by atoms with van der Waals surface area (Å²) in [5, 5.41) is 3.42. The number of fused-ring (bicyclic) bond motifs is 3. The molecule has 0 amide bonds. The van der Waals surface area contributed by atoms with Gasteiger partial charge >= 0.3 is 5.97 Å². The third-order valence-corrected chi connectivity index (χ3v) is 7.12. The van der Waals surface area contributed by atoms with Gasteiger partial charge in [-0.1, -0.05) is 68.2 Å². The minimum Gasteiger partial charge on any atom is -0.425 e. The summed E-state index contributed by atoms with van der Waals surface area (Å²) in [5.41, 5.74) is 4.17. The molecule has 0 unspecified atom stereocenters. The quantitative estimate of drug-likeness (QED) is 0.156. The van der Waals surface area contributed by atoms with E-state index in [9.17, 15) is 4.79 Å². The second-order valence-corrected chi connectivity index (χ2v) is 11.1. The van der Waals surface area contributed by atoms with Crippen LogP contribution < -0.4 is 4.74 Å². The Morgan fingerprint density at radius 2 is 1.79 bits per heavy atom. The fourth-order valence-corrected chi connectivity index (χ4v) is 5.27. The number of hydrogen-bond donors (Lipinski definition) is 0. The minimum atomic E-state index is -0.219. The highest BCUT2D eigenvalue weighted by Gasteiger charge is 2.23. The predicted octanol–water partition coefficient (Wildman–Crippen LogP) is 8.52. The highest BCUT2D eigenvalue weighted by molar-refractivity contribution is 7.99. The average molecular weight is 500 g/mol. The summed E-state index contributed by atoms with van der Waals surface area (Å²) in [4.78, 5) is 13.6. The van der Waals surface area contributed by atoms with Crippen molar-refractivity contribution >= 4 is 62.7 Å². The van der Waals surface area contributed by atoms with Gasteiger partial charge in [-0.05, 0) is 54.0 Å². The Bertz CT molecular complexity index is 1370. The van der Waals surface area contributed by atoms with E-state index in [1.54, 1.807) is 11.8 Å². The number of benzene rings is 3. The highest BCUT2D eigenvalue weighted by atomic mass is 35.5. The van der Waals surface area contributed by atoms with E-state index in [2.05, 4.69) is 29.7 Å². The van der Waals surface area contributed by atoms with Gasteiger partial charge in [0.05, 0.1) is 26.9 Å². The average Bonchev–Trinajstić information content (AvgIpc) is 3.04. The monoisotopic (exact) mass is 499 g/mol. The maximum Gasteiger partial charge on any atom is 0.311 e. The predicted molar refractivity (Wildman–Crippen MR) is 141 cm³/mol. The number of aryl methyl sites for hydroxylation is 1. The fourth-order valence-electron chi connectivity index (χ4n) is 4.24. The normalized spacial score (nSPS) is 12.0. The van der Waals surface area contributed by atoms with Gasteiger partial charge < -0.3 is 9.30 Å². The molecule has 3 aromatic carbocycles. The molecule has 0 N–H and O–H groups in total. The smallest absolute Gasteiger partial charge is 0.311 e. The number of halogens is 2. The van der Waals surface area contributed by atoms with E-state index in [0.29, 0.717) is 28.8 Å². The zero-order valence-electron chi connectivity index (χ0n) is 19.5. The van der Waals surface area contributed by atoms with Crippen molar-refractivity contribution in [2.24, 2.45) is 5.41 Å². The van der Waals surface area contributed by atoms with Crippen molar-refractivity contribution in [2.75, 3.05) is 6.26 Å². The van der Waals surface area contributed by atoms with Crippen molar-refractivity contribution in [1.29, 1.82) is 0 Å². The summed E-state index contributed by atoms with van der Waals surface area (Å²) in [6.07, 6.45) is 2.37. The van der Waals surface area contributed by atoms with Crippen molar-refractivity contribution in [1.82, 2.24) is 4.57 Å². The van der Waals surface area contributed by atoms with E-state index in [4.69, 9.17) is 27.9 Å². The van der Waals surface area contributed by atoms with Crippen LogP contribution in [0.5, 0.6) is 5.75 Å². The molecule has 0 spiro atoms. The van der Waals surface area contributed by atoms with Gasteiger partial charge in [0, 0.05) is 22.8 Å². The Morgan fingerprint density at radius 3 is 2.45 bits per heavy atom. The Hall–Kier alpha value is -2.14. The van der Waals surface area contributed by atoms with Gasteiger partial charge in [-0.3, -0.25) is 4.79 Å². The van der Waals surface area contributed by atoms with Crippen molar-refractivity contribution in [2.45, 2.75) is 45.6 Å². The van der Waals surface area contributed by atoms with Gasteiger partial charge in [-0.15, -0.1) is 11.8 Å². The number of thioether (sulfide) groups is 1. The van der Waals surface area contributed by atoms with Gasteiger partial charge in [-0.25, -0.2) is 0 Å². The Kier molecular flexibility index (Phi) is 6.73. The largest absolute Gasteiger partial charge is 0.425 e. The molecule has 4 rings (SSSR count). The first-order chi connectivity index (χ1) is 15.6. The topological polar surface area (TPSA) is 31.2 Å². The Morgan fingerprint density at radius 1 is 1.06 bits per heavy atom. The zero-order valence-corrected chi connectivity index (χ0v) is 21.8. The lowest BCUT2D eigenvalue weighted by Gasteiger charge is -2.19. The van der Waals surface area contributed by atoms with Crippen LogP contribution in [0, 0.1) is 12.3 Å². The summed E-state index contributed by atoms with van der Waals surface area (Å²) < 4.78 is 8.21. The third kappa shape index (κ3) is 4.89. The number of carbonyl (C=O) groups is 1. The van der Waals surface area contributed by atoms with Crippen LogP contribution in [0.4, 0.5) is 0 Å². The van der Waals surface area contributed by atoms with E-state index in [1.807, 2.05) is 57.4 Å². The molecule has 0 fully saturated rings. The maximum absolute atomic E-state index is 12.7. The van der Waals surface area contributed by atoms with Crippen LogP contribution in [-0.4, -0.2) is 16.8 Å². The molecule has 1 heterocycles. The second-order valence-electron chi connectivity index (χ2n) is 9.51. The molecule has 0 radical (unpaired) electrons. The van der Waals surface area contributed by atoms with Crippen molar-refractivity contribution < 1.29 is 9.53 Å². The molecule has 0 aliphatic heterocycles. The standard InChI is InChI=1S/C27H27Cl2NO2S/c1-16-12-22(32-23(31)14-27(2,3)4)26(33-5)25-24(16)18-8-6-7-9-21(18)30(25)15-17-10-11-19(28)20(29)13-17/h6-13H,14-15H2,1-5H3. The van der Waals surface area contributed by atoms with Crippen molar-refractivity contribution in [3.8, 4) is 5.75 Å². The van der Waals surface area contributed by atoms with E-state index in [-0.39, 0.29) is 11.4 Å². The number of rotatable bonds is 5. The molecule has 1 aromatic heterocycles. The summed E-state index contributed by atoms with van der Waals surface area (Å²) in [7, 11) is 0. The first-order valence-corrected chi connectivity index (χ1v) is 12.8. The van der Waals surface area contributed by atoms with Crippen molar-refractivity contribution in [3.05, 3.63) is 69.7 Å². The van der Waals surface area contributed by atoms with Gasteiger partial charge in [0.15, 0.2) is 0 Å². The van der Waals surface area contributed by atoms with Crippen molar-refractivity contribution in [3.63, 3.8) is 0 Å². The first-order valence-electron chi connectivity index (χ1n) is 10.8. The van der Waals surface area contributed by atoms with E-state index >= 15 is 0 Å². The number of hydrogen-bond acceptors (Lipinski definition) is 3. The Balaban J connectivity index is 1.94. The lowest BCUT2D eigenvalue weighted by Crippen LogP contribution is -2.18. The molecular weight excluding hydrogens is 473 g/mol. The molecule has 4 aromatic rings. The molecule has 0 saturated heterocycles. The SMILES string of the molecule is CSc1c(OC(=O)CC(C)(C)C)cc(C)c2c3ccccc3n(Cc3ccc(Cl)c(Cl)c3)c12. The lowest BCUT2D eigenvalue weighted by atomic mass is 9.92. The number of esters is 1. The highest BCUT2D eigenvalue weighted by Crippen LogP contribution is 2.43. The molecule has 0 aliphatic carbocycles. The van der Waals surface area contributed by atoms with Gasteiger partial charge in [-0.2, -0.15) is 0 Å². The number of carbonyl (C=O) groups excluding carboxylic acids is 1. The van der Waals surface area contributed by atoms with Gasteiger partial charge in [0.2, 0.25) is 0 Å². The summed E-state index contributed by atoms with van der Waals surface area (Å²) in [6, 6.07) is 16.1. The summed E-state index contributed by atoms with van der Waals surface area (Å²) in [5.74, 6) is 0.392. The van der Waals surface area contributed by atoms with Crippen LogP contribution in [0.3, 0.4) is 0 Å². The van der Waals surface area contributed by atoms with E-state index in [0.717, 1.165) is 27.1 Å². The summed E-state index contributed by atoms with van der Waals surface area (Å²) >= 11 is 14.0.